The highest BCUT2D eigenvalue weighted by molar-refractivity contribution is 6.00. The largest absolute Gasteiger partial charge is 0.457 e. The molecule has 0 saturated carbocycles. The number of hydrogen-bond acceptors (Lipinski definition) is 12. The normalized spacial score (nSPS) is 37.3. The zero-order chi connectivity index (χ0) is 42.0. The van der Waals surface area contributed by atoms with Crippen LogP contribution in [0, 0.1) is 23.7 Å². The summed E-state index contributed by atoms with van der Waals surface area (Å²) in [7, 11) is 5.26. The van der Waals surface area contributed by atoms with Crippen molar-refractivity contribution in [3.8, 4) is 0 Å². The van der Waals surface area contributed by atoms with Crippen molar-refractivity contribution in [2.75, 3.05) is 27.7 Å². The summed E-state index contributed by atoms with van der Waals surface area (Å²) in [5.74, 6) is -4.87. The number of likely N-dealkylation sites (N-methyl/N-ethyl adjacent to an activating group) is 1. The molecule has 3 aliphatic heterocycles. The number of ketones is 2. The van der Waals surface area contributed by atoms with E-state index >= 15 is 0 Å². The molecule has 3 aliphatic rings. The number of fused-ring (bicyclic) bond motifs is 2. The maximum Gasteiger partial charge on any atom is 0.410 e. The first-order valence-corrected chi connectivity index (χ1v) is 20.8. The number of imidazole rings is 1. The van der Waals surface area contributed by atoms with Gasteiger partial charge in [-0.25, -0.2) is 9.78 Å². The number of nitrogens with zero attached hydrogens (tertiary/aromatic N) is 4. The fourth-order valence-electron chi connectivity index (χ4n) is 9.75. The Kier molecular flexibility index (Phi) is 14.3. The second-order valence-electron chi connectivity index (χ2n) is 17.1. The first kappa shape index (κ1) is 44.7. The number of hydrogen-bond donors (Lipinski definition) is 1. The van der Waals surface area contributed by atoms with Gasteiger partial charge < -0.3 is 43.2 Å². The number of methoxy groups -OCH3 is 1. The number of aromatic nitrogens is 2. The third-order valence-corrected chi connectivity index (χ3v) is 13.1. The highest BCUT2D eigenvalue weighted by Crippen LogP contribution is 2.45. The third-order valence-electron chi connectivity index (χ3n) is 13.1. The Hall–Kier alpha value is -3.43. The number of carbonyl (C=O) groups excluding carboxylic acids is 4. The van der Waals surface area contributed by atoms with Gasteiger partial charge in [0.25, 0.3) is 0 Å². The molecule has 2 aromatic rings. The SMILES string of the molecule is CC[C@H]1OC(=O)[C@H](C)C(=O)[C@H](C)[C@@H](O[C@@H]2O[C@H](C)C[C@H](N(C)C)[C@H]2O)[C@](C)(OC)C[C@@H](C)C(=O)[C@H](C)[C@H]2N(CCCCn3cnc4ccccc43)C(=O)O[C@]12CC. The Balaban J connectivity index is 1.49. The van der Waals surface area contributed by atoms with E-state index in [1.807, 2.05) is 84.2 Å². The van der Waals surface area contributed by atoms with Gasteiger partial charge in [-0.3, -0.25) is 14.4 Å². The van der Waals surface area contributed by atoms with Crippen LogP contribution in [-0.4, -0.2) is 130 Å². The number of benzene rings is 1. The lowest BCUT2D eigenvalue weighted by molar-refractivity contribution is -0.295. The predicted octanol–water partition coefficient (Wildman–Crippen LogP) is 5.41. The molecule has 14 nitrogen and oxygen atoms in total. The molecule has 1 aromatic heterocycles. The van der Waals surface area contributed by atoms with Crippen LogP contribution < -0.4 is 0 Å². The molecular formula is C43H66N4O10. The standard InChI is InChI=1S/C43H66N4O10/c1-12-33-43(13-2)37(47(41(52)57-43)21-17-16-20-46-24-44-30-18-14-15-19-31(30)46)27(5)34(48)25(3)23-42(8,53-11)38(28(6)35(49)29(7)39(51)55-33)56-40-36(50)32(45(9)10)22-26(4)54-40/h14-15,18-19,24-29,32-33,36-38,40,50H,12-13,16-17,20-23H2,1-11H3/t25-,26-,27+,28+,29-,32+,33-,36-,37-,38-,40+,42-,43-/m1/s1. The quantitative estimate of drug-likeness (QED) is 0.175. The van der Waals surface area contributed by atoms with Crippen molar-refractivity contribution in [3.63, 3.8) is 0 Å². The van der Waals surface area contributed by atoms with Crippen molar-refractivity contribution in [3.05, 3.63) is 30.6 Å². The van der Waals surface area contributed by atoms with E-state index < -0.39 is 83.4 Å². The molecule has 5 rings (SSSR count). The summed E-state index contributed by atoms with van der Waals surface area (Å²) in [6, 6.07) is 6.88. The summed E-state index contributed by atoms with van der Waals surface area (Å²) in [4.78, 5) is 65.3. The van der Waals surface area contributed by atoms with E-state index in [9.17, 15) is 24.3 Å². The Bertz CT molecular complexity index is 1730. The van der Waals surface area contributed by atoms with E-state index in [0.717, 1.165) is 17.5 Å². The van der Waals surface area contributed by atoms with Gasteiger partial charge >= 0.3 is 12.1 Å². The van der Waals surface area contributed by atoms with E-state index in [-0.39, 0.29) is 37.2 Å². The van der Waals surface area contributed by atoms with Gasteiger partial charge in [0.1, 0.15) is 23.9 Å². The first-order chi connectivity index (χ1) is 26.9. The van der Waals surface area contributed by atoms with E-state index in [0.29, 0.717) is 25.9 Å². The van der Waals surface area contributed by atoms with Gasteiger partial charge in [0.05, 0.1) is 41.2 Å². The molecule has 14 heteroatoms. The fraction of sp³-hybridized carbons (Fsp3) is 0.744. The minimum Gasteiger partial charge on any atom is -0.457 e. The minimum absolute atomic E-state index is 0.131. The number of amides is 1. The zero-order valence-corrected chi connectivity index (χ0v) is 35.8. The molecule has 0 aliphatic carbocycles. The summed E-state index contributed by atoms with van der Waals surface area (Å²) in [6.07, 6.45) is -0.501. The van der Waals surface area contributed by atoms with Crippen LogP contribution in [0.2, 0.25) is 0 Å². The molecule has 318 valence electrons. The van der Waals surface area contributed by atoms with Gasteiger partial charge in [0.15, 0.2) is 17.7 Å². The molecule has 57 heavy (non-hydrogen) atoms. The maximum atomic E-state index is 14.8. The van der Waals surface area contributed by atoms with Gasteiger partial charge in [-0.05, 0) is 85.5 Å². The molecule has 0 unspecified atom stereocenters. The van der Waals surface area contributed by atoms with Crippen molar-refractivity contribution in [2.45, 2.75) is 154 Å². The smallest absolute Gasteiger partial charge is 0.410 e. The number of cyclic esters (lactones) is 1. The van der Waals surface area contributed by atoms with Gasteiger partial charge in [-0.2, -0.15) is 0 Å². The second-order valence-corrected chi connectivity index (χ2v) is 17.1. The maximum absolute atomic E-state index is 14.8. The molecule has 0 radical (unpaired) electrons. The third kappa shape index (κ3) is 8.80. The molecule has 13 atom stereocenters. The average molecular weight is 799 g/mol. The molecule has 4 heterocycles. The summed E-state index contributed by atoms with van der Waals surface area (Å²) < 4.78 is 33.6. The fourth-order valence-corrected chi connectivity index (χ4v) is 9.75. The predicted molar refractivity (Wildman–Crippen MR) is 213 cm³/mol. The number of aliphatic hydroxyl groups excluding tert-OH is 1. The molecule has 1 amide bonds. The van der Waals surface area contributed by atoms with Gasteiger partial charge in [-0.15, -0.1) is 0 Å². The van der Waals surface area contributed by atoms with Crippen LogP contribution in [0.25, 0.3) is 11.0 Å². The van der Waals surface area contributed by atoms with Gasteiger partial charge in [0, 0.05) is 44.0 Å². The van der Waals surface area contributed by atoms with Crippen LogP contribution in [0.1, 0.15) is 93.9 Å². The van der Waals surface area contributed by atoms with Gasteiger partial charge in [0.2, 0.25) is 0 Å². The molecule has 1 aromatic carbocycles. The number of aryl methyl sites for hydroxylation is 1. The lowest BCUT2D eigenvalue weighted by atomic mass is 9.72. The first-order valence-electron chi connectivity index (χ1n) is 20.8. The minimum atomic E-state index is -1.35. The Morgan fingerprint density at radius 1 is 0.982 bits per heavy atom. The van der Waals surface area contributed by atoms with Crippen LogP contribution >= 0.6 is 0 Å². The molecule has 0 spiro atoms. The molecule has 3 fully saturated rings. The number of para-hydroxylation sites is 2. The number of unbranched alkanes of at least 4 members (excludes halogenated alkanes) is 1. The number of Topliss-reactive ketones (excluding diaryl/α,β-unsaturated/α-hetero) is 2. The number of carbonyl (C=O) groups is 4. The molecule has 1 N–H and O–H groups in total. The Morgan fingerprint density at radius 3 is 2.32 bits per heavy atom. The van der Waals surface area contributed by atoms with E-state index in [2.05, 4.69) is 9.55 Å². The number of aliphatic hydroxyl groups is 1. The highest BCUT2D eigenvalue weighted by Gasteiger charge is 2.62. The van der Waals surface area contributed by atoms with Crippen LogP contribution in [-0.2, 0) is 44.6 Å². The van der Waals surface area contributed by atoms with Crippen LogP contribution in [0.5, 0.6) is 0 Å². The van der Waals surface area contributed by atoms with E-state index in [4.69, 9.17) is 23.7 Å². The van der Waals surface area contributed by atoms with Crippen molar-refractivity contribution in [1.29, 1.82) is 0 Å². The summed E-state index contributed by atoms with van der Waals surface area (Å²) >= 11 is 0. The van der Waals surface area contributed by atoms with Crippen molar-refractivity contribution in [1.82, 2.24) is 19.4 Å². The summed E-state index contributed by atoms with van der Waals surface area (Å²) in [6.45, 7) is 15.2. The number of ether oxygens (including phenoxy) is 5. The monoisotopic (exact) mass is 798 g/mol. The Morgan fingerprint density at radius 2 is 1.67 bits per heavy atom. The molecular weight excluding hydrogens is 732 g/mol. The van der Waals surface area contributed by atoms with Crippen LogP contribution in [0.4, 0.5) is 4.79 Å². The average Bonchev–Trinajstić information content (AvgIpc) is 3.74. The van der Waals surface area contributed by atoms with Crippen LogP contribution in [0.15, 0.2) is 30.6 Å². The lowest BCUT2D eigenvalue weighted by Crippen LogP contribution is -2.61. The van der Waals surface area contributed by atoms with Crippen molar-refractivity contribution >= 4 is 34.7 Å². The number of rotatable bonds is 11. The van der Waals surface area contributed by atoms with Crippen molar-refractivity contribution < 1.29 is 48.0 Å². The van der Waals surface area contributed by atoms with Gasteiger partial charge in [-0.1, -0.05) is 46.8 Å². The topological polar surface area (TPSA) is 159 Å². The second kappa shape index (κ2) is 18.2. The van der Waals surface area contributed by atoms with E-state index in [1.165, 1.54) is 14.0 Å². The zero-order valence-electron chi connectivity index (χ0n) is 35.8. The summed E-state index contributed by atoms with van der Waals surface area (Å²) in [5, 5.41) is 11.5. The lowest BCUT2D eigenvalue weighted by Gasteiger charge is -2.47. The van der Waals surface area contributed by atoms with E-state index in [1.54, 1.807) is 18.7 Å². The molecule has 3 saturated heterocycles. The van der Waals surface area contributed by atoms with Crippen molar-refractivity contribution in [2.24, 2.45) is 23.7 Å². The molecule has 0 bridgehead atoms. The van der Waals surface area contributed by atoms with Crippen LogP contribution in [0.3, 0.4) is 0 Å². The highest BCUT2D eigenvalue weighted by atomic mass is 16.7. The number of esters is 1. The summed E-state index contributed by atoms with van der Waals surface area (Å²) in [5.41, 5.74) is -0.667. The Labute approximate surface area is 337 Å².